The average molecular weight is 155 g/mol. The summed E-state index contributed by atoms with van der Waals surface area (Å²) in [5.41, 5.74) is 0. The molecule has 1 aliphatic rings. The summed E-state index contributed by atoms with van der Waals surface area (Å²) in [5.74, 6) is 0.717. The fourth-order valence-electron chi connectivity index (χ4n) is 1.38. The van der Waals surface area contributed by atoms with E-state index in [4.69, 9.17) is 5.11 Å². The van der Waals surface area contributed by atoms with Crippen molar-refractivity contribution in [3.8, 4) is 0 Å². The fraction of sp³-hybridized carbons (Fsp3) is 0.778. The molecule has 64 valence electrons. The van der Waals surface area contributed by atoms with Gasteiger partial charge in [0.05, 0.1) is 6.10 Å². The molecule has 0 atom stereocenters. The molecule has 0 radical (unpaired) electrons. The average Bonchev–Trinajstić information content (AvgIpc) is 1.94. The van der Waals surface area contributed by atoms with E-state index < -0.39 is 0 Å². The summed E-state index contributed by atoms with van der Waals surface area (Å²) in [4.78, 5) is 0. The summed E-state index contributed by atoms with van der Waals surface area (Å²) < 4.78 is 0. The van der Waals surface area contributed by atoms with Crippen molar-refractivity contribution in [3.63, 3.8) is 0 Å². The van der Waals surface area contributed by atoms with Crippen LogP contribution in [0.2, 0.25) is 0 Å². The lowest BCUT2D eigenvalue weighted by Crippen LogP contribution is -2.36. The number of rotatable bonds is 5. The van der Waals surface area contributed by atoms with E-state index in [9.17, 15) is 0 Å². The van der Waals surface area contributed by atoms with Gasteiger partial charge in [0, 0.05) is 0 Å². The molecule has 0 aliphatic heterocycles. The first-order chi connectivity index (χ1) is 5.33. The molecule has 0 aromatic carbocycles. The van der Waals surface area contributed by atoms with Crippen LogP contribution in [0.4, 0.5) is 0 Å². The van der Waals surface area contributed by atoms with E-state index in [1.807, 2.05) is 6.08 Å². The van der Waals surface area contributed by atoms with Gasteiger partial charge >= 0.3 is 0 Å². The van der Waals surface area contributed by atoms with Crippen LogP contribution in [-0.2, 0) is 0 Å². The molecule has 0 aromatic rings. The van der Waals surface area contributed by atoms with E-state index in [0.29, 0.717) is 0 Å². The molecule has 1 rings (SSSR count). The normalized spacial score (nSPS) is 29.5. The first kappa shape index (κ1) is 8.75. The molecule has 2 heteroatoms. The minimum absolute atomic E-state index is 0.0128. The first-order valence-corrected chi connectivity index (χ1v) is 4.32. The van der Waals surface area contributed by atoms with Gasteiger partial charge in [0.2, 0.25) is 0 Å². The van der Waals surface area contributed by atoms with Crippen molar-refractivity contribution < 1.29 is 5.11 Å². The first-order valence-electron chi connectivity index (χ1n) is 4.32. The number of aliphatic hydroxyl groups is 1. The quantitative estimate of drug-likeness (QED) is 0.457. The second-order valence-corrected chi connectivity index (χ2v) is 3.27. The van der Waals surface area contributed by atoms with Crippen molar-refractivity contribution in [3.05, 3.63) is 12.7 Å². The Morgan fingerprint density at radius 1 is 1.55 bits per heavy atom. The standard InChI is InChI=1S/C9H17NO/c1-2-3-4-10-7-8-5-9(11)6-8/h2,8-11H,1,3-7H2. The summed E-state index contributed by atoms with van der Waals surface area (Å²) in [6.07, 6.45) is 4.92. The number of nitrogens with one attached hydrogen (secondary N) is 1. The molecule has 1 aliphatic carbocycles. The van der Waals surface area contributed by atoms with Gasteiger partial charge in [-0.25, -0.2) is 0 Å². The number of hydrogen-bond acceptors (Lipinski definition) is 2. The van der Waals surface area contributed by atoms with Gasteiger partial charge in [0.15, 0.2) is 0 Å². The summed E-state index contributed by atoms with van der Waals surface area (Å²) in [6, 6.07) is 0. The molecule has 2 nitrogen and oxygen atoms in total. The van der Waals surface area contributed by atoms with E-state index in [1.165, 1.54) is 0 Å². The topological polar surface area (TPSA) is 32.3 Å². The zero-order valence-electron chi connectivity index (χ0n) is 6.92. The van der Waals surface area contributed by atoms with Crippen LogP contribution >= 0.6 is 0 Å². The smallest absolute Gasteiger partial charge is 0.0546 e. The maximum atomic E-state index is 8.98. The molecule has 2 N–H and O–H groups in total. The SMILES string of the molecule is C=CCCNCC1CC(O)C1. The van der Waals surface area contributed by atoms with Crippen LogP contribution in [0.15, 0.2) is 12.7 Å². The molecular weight excluding hydrogens is 138 g/mol. The van der Waals surface area contributed by atoms with Crippen LogP contribution in [0.25, 0.3) is 0 Å². The molecule has 1 fully saturated rings. The summed E-state index contributed by atoms with van der Waals surface area (Å²) >= 11 is 0. The van der Waals surface area contributed by atoms with Gasteiger partial charge in [0.25, 0.3) is 0 Å². The van der Waals surface area contributed by atoms with E-state index in [-0.39, 0.29) is 6.10 Å². The van der Waals surface area contributed by atoms with E-state index >= 15 is 0 Å². The van der Waals surface area contributed by atoms with E-state index in [2.05, 4.69) is 11.9 Å². The second kappa shape index (κ2) is 4.52. The molecular formula is C9H17NO. The Morgan fingerprint density at radius 3 is 2.82 bits per heavy atom. The van der Waals surface area contributed by atoms with Crippen molar-refractivity contribution in [1.29, 1.82) is 0 Å². The van der Waals surface area contributed by atoms with Gasteiger partial charge in [-0.1, -0.05) is 6.08 Å². The third-order valence-corrected chi connectivity index (χ3v) is 2.17. The predicted molar refractivity (Wildman–Crippen MR) is 46.4 cm³/mol. The van der Waals surface area contributed by atoms with Crippen molar-refractivity contribution in [2.75, 3.05) is 13.1 Å². The summed E-state index contributed by atoms with van der Waals surface area (Å²) in [6.45, 7) is 5.73. The molecule has 0 heterocycles. The molecule has 0 unspecified atom stereocenters. The van der Waals surface area contributed by atoms with Crippen molar-refractivity contribution >= 4 is 0 Å². The van der Waals surface area contributed by atoms with Gasteiger partial charge in [-0.2, -0.15) is 0 Å². The Morgan fingerprint density at radius 2 is 2.27 bits per heavy atom. The molecule has 0 spiro atoms. The van der Waals surface area contributed by atoms with Crippen LogP contribution in [0.1, 0.15) is 19.3 Å². The molecule has 0 aromatic heterocycles. The van der Waals surface area contributed by atoms with Gasteiger partial charge in [0.1, 0.15) is 0 Å². The number of hydrogen-bond donors (Lipinski definition) is 2. The second-order valence-electron chi connectivity index (χ2n) is 3.27. The Hall–Kier alpha value is -0.340. The lowest BCUT2D eigenvalue weighted by molar-refractivity contribution is 0.0432. The van der Waals surface area contributed by atoms with Crippen LogP contribution in [-0.4, -0.2) is 24.3 Å². The third-order valence-electron chi connectivity index (χ3n) is 2.17. The Bertz CT molecular complexity index is 119. The maximum Gasteiger partial charge on any atom is 0.0546 e. The van der Waals surface area contributed by atoms with E-state index in [1.54, 1.807) is 0 Å². The lowest BCUT2D eigenvalue weighted by atomic mass is 9.82. The predicted octanol–water partition coefficient (Wildman–Crippen LogP) is 0.923. The Labute approximate surface area is 68.3 Å². The monoisotopic (exact) mass is 155 g/mol. The highest BCUT2D eigenvalue weighted by Gasteiger charge is 2.25. The summed E-state index contributed by atoms with van der Waals surface area (Å²) in [7, 11) is 0. The van der Waals surface area contributed by atoms with E-state index in [0.717, 1.165) is 38.3 Å². The number of aliphatic hydroxyl groups excluding tert-OH is 1. The van der Waals surface area contributed by atoms with Crippen LogP contribution in [0, 0.1) is 5.92 Å². The molecule has 0 bridgehead atoms. The van der Waals surface area contributed by atoms with Gasteiger partial charge in [-0.3, -0.25) is 0 Å². The highest BCUT2D eigenvalue weighted by molar-refractivity contribution is 4.80. The highest BCUT2D eigenvalue weighted by Crippen LogP contribution is 2.25. The van der Waals surface area contributed by atoms with Crippen molar-refractivity contribution in [2.24, 2.45) is 5.92 Å². The molecule has 11 heavy (non-hydrogen) atoms. The minimum atomic E-state index is -0.0128. The van der Waals surface area contributed by atoms with Crippen molar-refractivity contribution in [1.82, 2.24) is 5.32 Å². The van der Waals surface area contributed by atoms with Gasteiger partial charge < -0.3 is 10.4 Å². The molecule has 0 saturated heterocycles. The zero-order valence-corrected chi connectivity index (χ0v) is 6.92. The largest absolute Gasteiger partial charge is 0.393 e. The van der Waals surface area contributed by atoms with Gasteiger partial charge in [-0.15, -0.1) is 6.58 Å². The lowest BCUT2D eigenvalue weighted by Gasteiger charge is -2.31. The third kappa shape index (κ3) is 3.04. The Balaban J connectivity index is 1.84. The van der Waals surface area contributed by atoms with Crippen LogP contribution in [0.5, 0.6) is 0 Å². The zero-order chi connectivity index (χ0) is 8.10. The van der Waals surface area contributed by atoms with Crippen LogP contribution in [0.3, 0.4) is 0 Å². The minimum Gasteiger partial charge on any atom is -0.393 e. The van der Waals surface area contributed by atoms with Crippen LogP contribution < -0.4 is 5.32 Å². The maximum absolute atomic E-state index is 8.98. The highest BCUT2D eigenvalue weighted by atomic mass is 16.3. The van der Waals surface area contributed by atoms with Crippen molar-refractivity contribution in [2.45, 2.75) is 25.4 Å². The molecule has 1 saturated carbocycles. The fourth-order valence-corrected chi connectivity index (χ4v) is 1.38. The summed E-state index contributed by atoms with van der Waals surface area (Å²) in [5, 5.41) is 12.3. The van der Waals surface area contributed by atoms with Gasteiger partial charge in [-0.05, 0) is 38.3 Å². The molecule has 0 amide bonds. The Kier molecular flexibility index (Phi) is 3.60.